The van der Waals surface area contributed by atoms with Crippen LogP contribution in [0.25, 0.3) is 0 Å². The lowest BCUT2D eigenvalue weighted by Crippen LogP contribution is -1.99. The molecule has 0 fully saturated rings. The molecule has 0 saturated carbocycles. The Morgan fingerprint density at radius 1 is 1.15 bits per heavy atom. The summed E-state index contributed by atoms with van der Waals surface area (Å²) < 4.78 is 5.13. The van der Waals surface area contributed by atoms with Gasteiger partial charge in [0.15, 0.2) is 0 Å². The molecule has 0 aliphatic heterocycles. The number of methoxy groups -OCH3 is 1. The molecule has 0 radical (unpaired) electrons. The first kappa shape index (κ1) is 14.4. The van der Waals surface area contributed by atoms with E-state index in [-0.39, 0.29) is 0 Å². The molecule has 2 aromatic carbocycles. The average molecular weight is 289 g/mol. The lowest BCUT2D eigenvalue weighted by molar-refractivity contribution is 0.415. The van der Waals surface area contributed by atoms with Crippen molar-refractivity contribution in [3.05, 3.63) is 58.6 Å². The second kappa shape index (κ2) is 6.44. The van der Waals surface area contributed by atoms with Crippen LogP contribution in [0.1, 0.15) is 18.1 Å². The molecule has 1 N–H and O–H groups in total. The Morgan fingerprint density at radius 3 is 2.45 bits per heavy atom. The summed E-state index contributed by atoms with van der Waals surface area (Å²) in [6.45, 7) is 3.92. The Morgan fingerprint density at radius 2 is 1.85 bits per heavy atom. The Bertz CT molecular complexity index is 621. The minimum absolute atomic E-state index is 0.729. The maximum absolute atomic E-state index is 6.08. The number of hydrazone groups is 1. The summed E-state index contributed by atoms with van der Waals surface area (Å²) in [5.74, 6) is 0.833. The number of nitrogens with zero attached hydrogens (tertiary/aromatic N) is 1. The van der Waals surface area contributed by atoms with Gasteiger partial charge >= 0.3 is 0 Å². The molecule has 4 heteroatoms. The Balaban J connectivity index is 2.11. The molecular formula is C16H17ClN2O. The molecule has 0 bridgehead atoms. The van der Waals surface area contributed by atoms with Crippen molar-refractivity contribution >= 4 is 23.0 Å². The molecule has 2 aromatic rings. The monoisotopic (exact) mass is 288 g/mol. The van der Waals surface area contributed by atoms with Crippen LogP contribution in [-0.4, -0.2) is 12.8 Å². The van der Waals surface area contributed by atoms with Crippen LogP contribution in [0.2, 0.25) is 5.02 Å². The number of hydrogen-bond donors (Lipinski definition) is 1. The second-order valence-corrected chi connectivity index (χ2v) is 4.91. The third-order valence-electron chi connectivity index (χ3n) is 3.03. The topological polar surface area (TPSA) is 33.6 Å². The van der Waals surface area contributed by atoms with Gasteiger partial charge in [0.1, 0.15) is 5.75 Å². The van der Waals surface area contributed by atoms with Gasteiger partial charge in [-0.25, -0.2) is 0 Å². The summed E-state index contributed by atoms with van der Waals surface area (Å²) in [4.78, 5) is 0. The molecule has 0 spiro atoms. The molecule has 20 heavy (non-hydrogen) atoms. The van der Waals surface area contributed by atoms with Gasteiger partial charge in [0.25, 0.3) is 0 Å². The van der Waals surface area contributed by atoms with Crippen LogP contribution in [-0.2, 0) is 0 Å². The van der Waals surface area contributed by atoms with Crippen LogP contribution in [0.5, 0.6) is 5.75 Å². The number of rotatable bonds is 4. The van der Waals surface area contributed by atoms with Crippen LogP contribution in [0, 0.1) is 6.92 Å². The molecule has 0 unspecified atom stereocenters. The van der Waals surface area contributed by atoms with Crippen molar-refractivity contribution in [1.82, 2.24) is 0 Å². The van der Waals surface area contributed by atoms with Gasteiger partial charge in [-0.2, -0.15) is 5.10 Å². The van der Waals surface area contributed by atoms with Gasteiger partial charge in [0.05, 0.1) is 18.5 Å². The Hall–Kier alpha value is -2.00. The van der Waals surface area contributed by atoms with Crippen molar-refractivity contribution in [3.8, 4) is 5.75 Å². The summed E-state index contributed by atoms with van der Waals surface area (Å²) in [5, 5.41) is 5.09. The molecule has 0 aliphatic rings. The minimum Gasteiger partial charge on any atom is -0.497 e. The summed E-state index contributed by atoms with van der Waals surface area (Å²) in [6.07, 6.45) is 0. The number of ether oxygens (including phenoxy) is 1. The molecule has 0 aromatic heterocycles. The van der Waals surface area contributed by atoms with Gasteiger partial charge < -0.3 is 4.74 Å². The van der Waals surface area contributed by atoms with Crippen LogP contribution in [0.4, 0.5) is 5.69 Å². The third kappa shape index (κ3) is 3.52. The molecule has 0 atom stereocenters. The number of anilines is 1. The van der Waals surface area contributed by atoms with Gasteiger partial charge in [0.2, 0.25) is 0 Å². The second-order valence-electron chi connectivity index (χ2n) is 4.50. The smallest absolute Gasteiger partial charge is 0.118 e. The van der Waals surface area contributed by atoms with Crippen molar-refractivity contribution < 1.29 is 4.74 Å². The fourth-order valence-electron chi connectivity index (χ4n) is 1.71. The molecule has 0 amide bonds. The van der Waals surface area contributed by atoms with E-state index in [1.165, 1.54) is 0 Å². The van der Waals surface area contributed by atoms with E-state index in [0.717, 1.165) is 33.3 Å². The molecular weight excluding hydrogens is 272 g/mol. The van der Waals surface area contributed by atoms with Crippen molar-refractivity contribution in [1.29, 1.82) is 0 Å². The van der Waals surface area contributed by atoms with E-state index >= 15 is 0 Å². The summed E-state index contributed by atoms with van der Waals surface area (Å²) >= 11 is 6.08. The third-order valence-corrected chi connectivity index (χ3v) is 3.44. The molecule has 3 nitrogen and oxygen atoms in total. The number of benzene rings is 2. The molecule has 0 aliphatic carbocycles. The van der Waals surface area contributed by atoms with Gasteiger partial charge in [-0.1, -0.05) is 17.7 Å². The van der Waals surface area contributed by atoms with Crippen molar-refractivity contribution in [3.63, 3.8) is 0 Å². The van der Waals surface area contributed by atoms with Gasteiger partial charge in [-0.15, -0.1) is 0 Å². The normalized spacial score (nSPS) is 11.3. The summed E-state index contributed by atoms with van der Waals surface area (Å²) in [5.41, 5.74) is 6.86. The molecule has 0 saturated heterocycles. The first-order chi connectivity index (χ1) is 9.60. The summed E-state index contributed by atoms with van der Waals surface area (Å²) in [6, 6.07) is 13.5. The maximum Gasteiger partial charge on any atom is 0.118 e. The van der Waals surface area contributed by atoms with E-state index in [2.05, 4.69) is 10.5 Å². The van der Waals surface area contributed by atoms with E-state index in [9.17, 15) is 0 Å². The largest absolute Gasteiger partial charge is 0.497 e. The number of hydrogen-bond acceptors (Lipinski definition) is 3. The Kier molecular flexibility index (Phi) is 4.64. The van der Waals surface area contributed by atoms with Crippen LogP contribution < -0.4 is 10.2 Å². The van der Waals surface area contributed by atoms with E-state index < -0.39 is 0 Å². The van der Waals surface area contributed by atoms with Gasteiger partial charge in [-0.3, -0.25) is 5.43 Å². The fraction of sp³-hybridized carbons (Fsp3) is 0.188. The predicted octanol–water partition coefficient (Wildman–Crippen LogP) is 4.49. The van der Waals surface area contributed by atoms with E-state index in [1.807, 2.05) is 56.3 Å². The predicted molar refractivity (Wildman–Crippen MR) is 85.0 cm³/mol. The van der Waals surface area contributed by atoms with Crippen molar-refractivity contribution in [2.45, 2.75) is 13.8 Å². The number of halogens is 1. The molecule has 2 rings (SSSR count). The molecule has 0 heterocycles. The van der Waals surface area contributed by atoms with Crippen molar-refractivity contribution in [2.24, 2.45) is 5.10 Å². The highest BCUT2D eigenvalue weighted by molar-refractivity contribution is 6.31. The highest BCUT2D eigenvalue weighted by atomic mass is 35.5. The van der Waals surface area contributed by atoms with Gasteiger partial charge in [0, 0.05) is 5.02 Å². The highest BCUT2D eigenvalue weighted by Crippen LogP contribution is 2.20. The average Bonchev–Trinajstić information content (AvgIpc) is 2.48. The van der Waals surface area contributed by atoms with Gasteiger partial charge in [-0.05, 0) is 61.4 Å². The van der Waals surface area contributed by atoms with E-state index in [1.54, 1.807) is 7.11 Å². The SMILES string of the molecule is COc1ccc(/C(C)=N/Nc2ccc(C)c(Cl)c2)cc1. The zero-order chi connectivity index (χ0) is 14.5. The van der Waals surface area contributed by atoms with Crippen LogP contribution >= 0.6 is 11.6 Å². The van der Waals surface area contributed by atoms with Crippen LogP contribution in [0.3, 0.4) is 0 Å². The lowest BCUT2D eigenvalue weighted by Gasteiger charge is -2.06. The zero-order valence-corrected chi connectivity index (χ0v) is 12.5. The fourth-order valence-corrected chi connectivity index (χ4v) is 1.89. The standard InChI is InChI=1S/C16H17ClN2O/c1-11-4-7-14(10-16(11)17)19-18-12(2)13-5-8-15(20-3)9-6-13/h4-10,19H,1-3H3/b18-12+. The van der Waals surface area contributed by atoms with Crippen molar-refractivity contribution in [2.75, 3.05) is 12.5 Å². The Labute approximate surface area is 124 Å². The zero-order valence-electron chi connectivity index (χ0n) is 11.8. The number of nitrogens with one attached hydrogen (secondary N) is 1. The van der Waals surface area contributed by atoms with E-state index in [0.29, 0.717) is 0 Å². The quantitative estimate of drug-likeness (QED) is 0.664. The maximum atomic E-state index is 6.08. The molecule has 104 valence electrons. The van der Waals surface area contributed by atoms with E-state index in [4.69, 9.17) is 16.3 Å². The van der Waals surface area contributed by atoms with Crippen LogP contribution in [0.15, 0.2) is 47.6 Å². The first-order valence-electron chi connectivity index (χ1n) is 6.31. The number of aryl methyl sites for hydroxylation is 1. The lowest BCUT2D eigenvalue weighted by atomic mass is 10.1. The summed E-state index contributed by atoms with van der Waals surface area (Å²) in [7, 11) is 1.65. The minimum atomic E-state index is 0.729. The highest BCUT2D eigenvalue weighted by Gasteiger charge is 2.00. The first-order valence-corrected chi connectivity index (χ1v) is 6.69.